The Labute approximate surface area is 124 Å². The molecule has 1 fully saturated rings. The minimum atomic E-state index is -0.0561. The van der Waals surface area contributed by atoms with Crippen LogP contribution in [0.4, 0.5) is 0 Å². The minimum absolute atomic E-state index is 0.0561. The van der Waals surface area contributed by atoms with Gasteiger partial charge < -0.3 is 20.1 Å². The number of rotatable bonds is 9. The van der Waals surface area contributed by atoms with Crippen molar-refractivity contribution >= 4 is 0 Å². The highest BCUT2D eigenvalue weighted by molar-refractivity contribution is 5.00. The number of ether oxygens (including phenoxy) is 1. The van der Waals surface area contributed by atoms with Crippen LogP contribution >= 0.6 is 0 Å². The lowest BCUT2D eigenvalue weighted by atomic mass is 9.84. The van der Waals surface area contributed by atoms with Gasteiger partial charge in [-0.2, -0.15) is 0 Å². The Bertz CT molecular complexity index is 273. The molecule has 0 radical (unpaired) electrons. The molecule has 1 rings (SSSR count). The predicted octanol–water partition coefficient (Wildman–Crippen LogP) is 1.87. The lowest BCUT2D eigenvalue weighted by Gasteiger charge is -2.38. The molecular weight excluding hydrogens is 252 g/mol. The van der Waals surface area contributed by atoms with Crippen molar-refractivity contribution < 1.29 is 9.84 Å². The monoisotopic (exact) mass is 286 g/mol. The summed E-state index contributed by atoms with van der Waals surface area (Å²) in [5.41, 5.74) is -0.0561. The van der Waals surface area contributed by atoms with Gasteiger partial charge in [-0.05, 0) is 45.7 Å². The van der Waals surface area contributed by atoms with Gasteiger partial charge in [0.15, 0.2) is 0 Å². The third kappa shape index (κ3) is 4.69. The van der Waals surface area contributed by atoms with Gasteiger partial charge in [-0.3, -0.25) is 0 Å². The van der Waals surface area contributed by atoms with E-state index < -0.39 is 0 Å². The quantitative estimate of drug-likeness (QED) is 0.679. The van der Waals surface area contributed by atoms with Gasteiger partial charge in [0.05, 0.1) is 13.2 Å². The van der Waals surface area contributed by atoms with Gasteiger partial charge in [-0.25, -0.2) is 0 Å². The highest BCUT2D eigenvalue weighted by Crippen LogP contribution is 2.38. The van der Waals surface area contributed by atoms with E-state index in [9.17, 15) is 5.11 Å². The zero-order chi connectivity index (χ0) is 15.2. The summed E-state index contributed by atoms with van der Waals surface area (Å²) in [6.45, 7) is 8.63. The molecule has 0 aromatic rings. The molecule has 0 spiro atoms. The maximum Gasteiger partial charge on any atom is 0.0616 e. The number of hydrogen-bond acceptors (Lipinski definition) is 4. The van der Waals surface area contributed by atoms with Crippen LogP contribution < -0.4 is 5.32 Å². The van der Waals surface area contributed by atoms with Crippen LogP contribution in [-0.2, 0) is 4.74 Å². The lowest BCUT2D eigenvalue weighted by molar-refractivity contribution is 0.0874. The summed E-state index contributed by atoms with van der Waals surface area (Å²) in [4.78, 5) is 2.36. The van der Waals surface area contributed by atoms with E-state index in [1.807, 2.05) is 0 Å². The lowest BCUT2D eigenvalue weighted by Crippen LogP contribution is -2.54. The van der Waals surface area contributed by atoms with Crippen molar-refractivity contribution in [2.75, 3.05) is 33.9 Å². The second kappa shape index (κ2) is 8.32. The minimum Gasteiger partial charge on any atom is -0.394 e. The van der Waals surface area contributed by atoms with Crippen LogP contribution in [-0.4, -0.2) is 61.5 Å². The third-order valence-corrected chi connectivity index (χ3v) is 4.81. The van der Waals surface area contributed by atoms with E-state index in [-0.39, 0.29) is 12.1 Å². The normalized spacial score (nSPS) is 28.5. The molecule has 0 amide bonds. The Morgan fingerprint density at radius 3 is 2.65 bits per heavy atom. The summed E-state index contributed by atoms with van der Waals surface area (Å²) in [5, 5.41) is 13.5. The largest absolute Gasteiger partial charge is 0.394 e. The van der Waals surface area contributed by atoms with Crippen molar-refractivity contribution in [3.63, 3.8) is 0 Å². The van der Waals surface area contributed by atoms with E-state index in [1.165, 1.54) is 12.8 Å². The van der Waals surface area contributed by atoms with Crippen LogP contribution in [0.15, 0.2) is 0 Å². The molecular formula is C16H34N2O2. The molecule has 0 aromatic heterocycles. The van der Waals surface area contributed by atoms with Crippen LogP contribution in [0.5, 0.6) is 0 Å². The zero-order valence-corrected chi connectivity index (χ0v) is 14.0. The third-order valence-electron chi connectivity index (χ3n) is 4.81. The summed E-state index contributed by atoms with van der Waals surface area (Å²) in [6, 6.07) is 0.871. The molecule has 1 aliphatic rings. The summed E-state index contributed by atoms with van der Waals surface area (Å²) in [6.07, 6.45) is 4.70. The first-order valence-corrected chi connectivity index (χ1v) is 8.03. The molecule has 0 bridgehead atoms. The molecule has 0 heterocycles. The predicted molar refractivity (Wildman–Crippen MR) is 84.0 cm³/mol. The van der Waals surface area contributed by atoms with Crippen molar-refractivity contribution in [2.45, 2.75) is 64.1 Å². The Morgan fingerprint density at radius 2 is 2.10 bits per heavy atom. The maximum absolute atomic E-state index is 9.90. The molecule has 120 valence electrons. The van der Waals surface area contributed by atoms with Gasteiger partial charge >= 0.3 is 0 Å². The highest BCUT2D eigenvalue weighted by atomic mass is 16.5. The number of hydrogen-bond donors (Lipinski definition) is 2. The van der Waals surface area contributed by atoms with Crippen molar-refractivity contribution in [3.8, 4) is 0 Å². The zero-order valence-electron chi connectivity index (χ0n) is 14.0. The van der Waals surface area contributed by atoms with E-state index in [1.54, 1.807) is 7.11 Å². The van der Waals surface area contributed by atoms with Crippen LogP contribution in [0, 0.1) is 5.92 Å². The Balaban J connectivity index is 2.52. The van der Waals surface area contributed by atoms with Crippen molar-refractivity contribution in [1.29, 1.82) is 0 Å². The number of nitrogens with zero attached hydrogens (tertiary/aromatic N) is 1. The van der Waals surface area contributed by atoms with Crippen LogP contribution in [0.25, 0.3) is 0 Å². The molecule has 4 nitrogen and oxygen atoms in total. The summed E-state index contributed by atoms with van der Waals surface area (Å²) in [7, 11) is 3.92. The molecule has 1 saturated carbocycles. The van der Waals surface area contributed by atoms with Gasteiger partial charge in [0, 0.05) is 24.7 Å². The van der Waals surface area contributed by atoms with Crippen molar-refractivity contribution in [2.24, 2.45) is 5.92 Å². The van der Waals surface area contributed by atoms with Gasteiger partial charge in [-0.15, -0.1) is 0 Å². The Hall–Kier alpha value is -0.160. The average Bonchev–Trinajstić information content (AvgIpc) is 2.78. The molecule has 4 heteroatoms. The van der Waals surface area contributed by atoms with Gasteiger partial charge in [-0.1, -0.05) is 20.3 Å². The summed E-state index contributed by atoms with van der Waals surface area (Å²) < 4.78 is 5.22. The van der Waals surface area contributed by atoms with Gasteiger partial charge in [0.1, 0.15) is 0 Å². The van der Waals surface area contributed by atoms with E-state index in [4.69, 9.17) is 4.74 Å². The van der Waals surface area contributed by atoms with Crippen LogP contribution in [0.2, 0.25) is 0 Å². The summed E-state index contributed by atoms with van der Waals surface area (Å²) >= 11 is 0. The fourth-order valence-corrected chi connectivity index (χ4v) is 3.53. The average molecular weight is 286 g/mol. The van der Waals surface area contributed by atoms with E-state index in [0.29, 0.717) is 18.0 Å². The second-order valence-corrected chi connectivity index (χ2v) is 6.78. The first-order valence-electron chi connectivity index (χ1n) is 8.03. The number of nitrogens with one attached hydrogen (secondary N) is 1. The number of likely N-dealkylation sites (N-methyl/N-ethyl adjacent to an activating group) is 1. The van der Waals surface area contributed by atoms with Crippen molar-refractivity contribution in [3.05, 3.63) is 0 Å². The smallest absolute Gasteiger partial charge is 0.0616 e. The van der Waals surface area contributed by atoms with Crippen LogP contribution in [0.3, 0.4) is 0 Å². The first kappa shape index (κ1) is 17.9. The Kier molecular flexibility index (Phi) is 7.45. The summed E-state index contributed by atoms with van der Waals surface area (Å²) in [5.74, 6) is 0.576. The topological polar surface area (TPSA) is 44.7 Å². The Morgan fingerprint density at radius 1 is 1.40 bits per heavy atom. The standard InChI is InChI=1S/C16H34N2O2/c1-13(2)17-16(12-19)9-6-7-15(16)8-10-18(4)14(3)11-20-5/h13-15,17,19H,6-12H2,1-5H3. The van der Waals surface area contributed by atoms with E-state index in [2.05, 4.69) is 38.0 Å². The SMILES string of the molecule is COCC(C)N(C)CCC1CCCC1(CO)NC(C)C. The fraction of sp³-hybridized carbons (Fsp3) is 1.00. The number of aliphatic hydroxyl groups excluding tert-OH is 1. The molecule has 1 aliphatic carbocycles. The van der Waals surface area contributed by atoms with Crippen LogP contribution in [0.1, 0.15) is 46.5 Å². The molecule has 0 aliphatic heterocycles. The first-order chi connectivity index (χ1) is 9.45. The molecule has 0 saturated heterocycles. The number of methoxy groups -OCH3 is 1. The fourth-order valence-electron chi connectivity index (χ4n) is 3.53. The number of aliphatic hydroxyl groups is 1. The highest BCUT2D eigenvalue weighted by Gasteiger charge is 2.42. The second-order valence-electron chi connectivity index (χ2n) is 6.78. The molecule has 3 atom stereocenters. The molecule has 3 unspecified atom stereocenters. The molecule has 20 heavy (non-hydrogen) atoms. The van der Waals surface area contributed by atoms with E-state index >= 15 is 0 Å². The molecule has 0 aromatic carbocycles. The van der Waals surface area contributed by atoms with Gasteiger partial charge in [0.2, 0.25) is 0 Å². The van der Waals surface area contributed by atoms with E-state index in [0.717, 1.165) is 26.0 Å². The molecule has 2 N–H and O–H groups in total. The van der Waals surface area contributed by atoms with Gasteiger partial charge in [0.25, 0.3) is 0 Å². The maximum atomic E-state index is 9.90. The van der Waals surface area contributed by atoms with Crippen molar-refractivity contribution in [1.82, 2.24) is 10.2 Å².